The molecule has 0 aliphatic rings. The molecular weight excluding hydrogens is 230 g/mol. The Morgan fingerprint density at radius 1 is 1.33 bits per heavy atom. The first kappa shape index (κ1) is 12.4. The average Bonchev–Trinajstić information content (AvgIpc) is 2.71. The van der Waals surface area contributed by atoms with E-state index in [4.69, 9.17) is 5.11 Å². The van der Waals surface area contributed by atoms with Gasteiger partial charge in [0.25, 0.3) is 0 Å². The molecule has 0 aliphatic carbocycles. The highest BCUT2D eigenvalue weighted by Crippen LogP contribution is 2.16. The molecule has 96 valence electrons. The van der Waals surface area contributed by atoms with E-state index in [1.165, 1.54) is 0 Å². The number of imidazole rings is 1. The van der Waals surface area contributed by atoms with Gasteiger partial charge in [-0.15, -0.1) is 0 Å². The lowest BCUT2D eigenvalue weighted by Crippen LogP contribution is -2.21. The van der Waals surface area contributed by atoms with Crippen molar-refractivity contribution in [2.45, 2.75) is 20.3 Å². The van der Waals surface area contributed by atoms with Crippen LogP contribution in [0.5, 0.6) is 0 Å². The summed E-state index contributed by atoms with van der Waals surface area (Å²) in [5.41, 5.74) is 2.48. The summed E-state index contributed by atoms with van der Waals surface area (Å²) >= 11 is 0. The summed E-state index contributed by atoms with van der Waals surface area (Å²) in [7, 11) is 0. The molecule has 5 nitrogen and oxygen atoms in total. The van der Waals surface area contributed by atoms with Gasteiger partial charge in [-0.05, 0) is 26.0 Å². The van der Waals surface area contributed by atoms with Gasteiger partial charge in [0.2, 0.25) is 0 Å². The molecule has 0 aliphatic heterocycles. The van der Waals surface area contributed by atoms with E-state index >= 15 is 0 Å². The van der Waals surface area contributed by atoms with Gasteiger partial charge in [0.05, 0.1) is 17.8 Å². The predicted molar refractivity (Wildman–Crippen MR) is 70.1 cm³/mol. The third-order valence-corrected chi connectivity index (χ3v) is 2.95. The van der Waals surface area contributed by atoms with Crippen LogP contribution in [-0.4, -0.2) is 33.6 Å². The van der Waals surface area contributed by atoms with Gasteiger partial charge in [-0.1, -0.05) is 0 Å². The van der Waals surface area contributed by atoms with Gasteiger partial charge in [0.1, 0.15) is 5.65 Å². The zero-order valence-corrected chi connectivity index (χ0v) is 10.6. The van der Waals surface area contributed by atoms with Crippen LogP contribution in [0.2, 0.25) is 0 Å². The number of aromatic nitrogens is 2. The summed E-state index contributed by atoms with van der Waals surface area (Å²) in [6.07, 6.45) is 3.72. The van der Waals surface area contributed by atoms with Crippen molar-refractivity contribution >= 4 is 17.3 Å². The van der Waals surface area contributed by atoms with E-state index in [2.05, 4.69) is 23.7 Å². The molecule has 2 aromatic rings. The van der Waals surface area contributed by atoms with Crippen molar-refractivity contribution in [2.24, 2.45) is 0 Å². The van der Waals surface area contributed by atoms with Crippen LogP contribution in [0.4, 0.5) is 5.69 Å². The first-order valence-corrected chi connectivity index (χ1v) is 6.08. The fourth-order valence-electron chi connectivity index (χ4n) is 2.05. The van der Waals surface area contributed by atoms with Crippen LogP contribution in [0.3, 0.4) is 0 Å². The fourth-order valence-corrected chi connectivity index (χ4v) is 2.05. The van der Waals surface area contributed by atoms with E-state index in [9.17, 15) is 4.79 Å². The fraction of sp³-hybridized carbons (Fsp3) is 0.385. The number of carboxylic acids is 1. The summed E-state index contributed by atoms with van der Waals surface area (Å²) in [4.78, 5) is 17.2. The number of carboxylic acid groups (broad SMARTS) is 1. The van der Waals surface area contributed by atoms with Crippen LogP contribution in [0.1, 0.15) is 19.5 Å². The minimum atomic E-state index is -0.859. The Labute approximate surface area is 106 Å². The minimum absolute atomic E-state index is 0.0394. The topological polar surface area (TPSA) is 57.8 Å². The number of carbonyl (C=O) groups is 1. The molecule has 1 N–H and O–H groups in total. The van der Waals surface area contributed by atoms with Crippen LogP contribution in [0.15, 0.2) is 24.5 Å². The number of hydrogen-bond donors (Lipinski definition) is 1. The molecule has 0 aromatic carbocycles. The maximum Gasteiger partial charge on any atom is 0.309 e. The number of anilines is 1. The quantitative estimate of drug-likeness (QED) is 0.875. The van der Waals surface area contributed by atoms with Gasteiger partial charge in [0, 0.05) is 25.5 Å². The third kappa shape index (κ3) is 2.45. The SMILES string of the molecule is CCN(CC)c1ccc2nc(CC(=O)O)cn2c1. The van der Waals surface area contributed by atoms with E-state index in [1.807, 2.05) is 22.7 Å². The number of aliphatic carboxylic acids is 1. The van der Waals surface area contributed by atoms with E-state index in [1.54, 1.807) is 6.20 Å². The van der Waals surface area contributed by atoms with Crippen LogP contribution < -0.4 is 4.90 Å². The molecule has 0 radical (unpaired) electrons. The summed E-state index contributed by atoms with van der Waals surface area (Å²) in [6, 6.07) is 3.93. The summed E-state index contributed by atoms with van der Waals surface area (Å²) in [6.45, 7) is 6.10. The van der Waals surface area contributed by atoms with Gasteiger partial charge >= 0.3 is 5.97 Å². The lowest BCUT2D eigenvalue weighted by Gasteiger charge is -2.20. The van der Waals surface area contributed by atoms with E-state index in [0.717, 1.165) is 24.4 Å². The molecule has 0 atom stereocenters. The second-order valence-corrected chi connectivity index (χ2v) is 4.13. The Bertz CT molecular complexity index is 558. The number of pyridine rings is 1. The van der Waals surface area contributed by atoms with E-state index < -0.39 is 5.97 Å². The van der Waals surface area contributed by atoms with Crippen LogP contribution in [0.25, 0.3) is 5.65 Å². The molecule has 5 heteroatoms. The van der Waals surface area contributed by atoms with Crippen LogP contribution >= 0.6 is 0 Å². The van der Waals surface area contributed by atoms with Gasteiger partial charge in [-0.3, -0.25) is 4.79 Å². The molecule has 0 unspecified atom stereocenters. The molecule has 0 fully saturated rings. The molecule has 2 rings (SSSR count). The Hall–Kier alpha value is -2.04. The molecule has 18 heavy (non-hydrogen) atoms. The van der Waals surface area contributed by atoms with Crippen molar-refractivity contribution < 1.29 is 9.90 Å². The number of rotatable bonds is 5. The van der Waals surface area contributed by atoms with Gasteiger partial charge in [-0.2, -0.15) is 0 Å². The molecule has 0 amide bonds. The molecule has 2 aromatic heterocycles. The molecule has 0 bridgehead atoms. The Kier molecular flexibility index (Phi) is 3.50. The number of hydrogen-bond acceptors (Lipinski definition) is 3. The molecular formula is C13H17N3O2. The first-order valence-electron chi connectivity index (χ1n) is 6.08. The average molecular weight is 247 g/mol. The van der Waals surface area contributed by atoms with Crippen LogP contribution in [-0.2, 0) is 11.2 Å². The van der Waals surface area contributed by atoms with Crippen molar-refractivity contribution in [1.29, 1.82) is 0 Å². The highest BCUT2D eigenvalue weighted by Gasteiger charge is 2.08. The van der Waals surface area contributed by atoms with Crippen molar-refractivity contribution in [3.63, 3.8) is 0 Å². The lowest BCUT2D eigenvalue weighted by molar-refractivity contribution is -0.136. The van der Waals surface area contributed by atoms with Gasteiger partial charge in [0.15, 0.2) is 0 Å². The highest BCUT2D eigenvalue weighted by atomic mass is 16.4. The Morgan fingerprint density at radius 2 is 2.06 bits per heavy atom. The monoisotopic (exact) mass is 247 g/mol. The summed E-state index contributed by atoms with van der Waals surface area (Å²) in [5, 5.41) is 8.75. The largest absolute Gasteiger partial charge is 0.481 e. The maximum absolute atomic E-state index is 10.7. The zero-order chi connectivity index (χ0) is 13.1. The smallest absolute Gasteiger partial charge is 0.309 e. The second-order valence-electron chi connectivity index (χ2n) is 4.13. The van der Waals surface area contributed by atoms with Gasteiger partial charge < -0.3 is 14.4 Å². The second kappa shape index (κ2) is 5.08. The summed E-state index contributed by atoms with van der Waals surface area (Å²) in [5.74, 6) is -0.859. The molecule has 2 heterocycles. The van der Waals surface area contributed by atoms with Crippen LogP contribution in [0, 0.1) is 0 Å². The van der Waals surface area contributed by atoms with E-state index in [-0.39, 0.29) is 6.42 Å². The standard InChI is InChI=1S/C13H17N3O2/c1-3-15(4-2)11-5-6-12-14-10(7-13(17)18)8-16(12)9-11/h5-6,8-9H,3-4,7H2,1-2H3,(H,17,18). The minimum Gasteiger partial charge on any atom is -0.481 e. The maximum atomic E-state index is 10.7. The van der Waals surface area contributed by atoms with Crippen molar-refractivity contribution in [1.82, 2.24) is 9.38 Å². The third-order valence-electron chi connectivity index (χ3n) is 2.95. The first-order chi connectivity index (χ1) is 8.63. The Balaban J connectivity index is 2.35. The van der Waals surface area contributed by atoms with Crippen molar-refractivity contribution in [2.75, 3.05) is 18.0 Å². The molecule has 0 saturated heterocycles. The Morgan fingerprint density at radius 3 is 2.67 bits per heavy atom. The molecule has 0 saturated carbocycles. The van der Waals surface area contributed by atoms with Crippen molar-refractivity contribution in [3.05, 3.63) is 30.2 Å². The lowest BCUT2D eigenvalue weighted by atomic mass is 10.3. The molecule has 0 spiro atoms. The summed E-state index contributed by atoms with van der Waals surface area (Å²) < 4.78 is 1.88. The number of fused-ring (bicyclic) bond motifs is 1. The normalized spacial score (nSPS) is 10.8. The van der Waals surface area contributed by atoms with Gasteiger partial charge in [-0.25, -0.2) is 4.98 Å². The predicted octanol–water partition coefficient (Wildman–Crippen LogP) is 1.81. The zero-order valence-electron chi connectivity index (χ0n) is 10.6. The van der Waals surface area contributed by atoms with E-state index in [0.29, 0.717) is 5.69 Å². The highest BCUT2D eigenvalue weighted by molar-refractivity contribution is 5.70. The number of nitrogens with zero attached hydrogens (tertiary/aromatic N) is 3. The van der Waals surface area contributed by atoms with Crippen molar-refractivity contribution in [3.8, 4) is 0 Å².